The van der Waals surface area contributed by atoms with Gasteiger partial charge in [0, 0.05) is 29.5 Å². The number of ether oxygens (including phenoxy) is 1. The second-order valence-corrected chi connectivity index (χ2v) is 9.95. The summed E-state index contributed by atoms with van der Waals surface area (Å²) >= 11 is 0. The molecule has 1 unspecified atom stereocenters. The van der Waals surface area contributed by atoms with Crippen LogP contribution in [0.25, 0.3) is 27.5 Å². The average molecular weight is 479 g/mol. The summed E-state index contributed by atoms with van der Waals surface area (Å²) in [5, 5.41) is 6.10. The molecule has 1 N–H and O–H groups in total. The first kappa shape index (κ1) is 22.1. The first-order valence-corrected chi connectivity index (χ1v) is 12.2. The van der Waals surface area contributed by atoms with E-state index >= 15 is 0 Å². The van der Waals surface area contributed by atoms with Crippen LogP contribution in [0.1, 0.15) is 6.92 Å². The highest BCUT2D eigenvalue weighted by molar-refractivity contribution is 7.89. The monoisotopic (exact) mass is 478 g/mol. The van der Waals surface area contributed by atoms with Gasteiger partial charge in [0.25, 0.3) is 0 Å². The molecule has 5 rings (SSSR count). The topological polar surface area (TPSA) is 78.2 Å². The molecule has 34 heavy (non-hydrogen) atoms. The molecule has 1 atom stereocenters. The number of aryl methyl sites for hydroxylation is 1. The number of fused-ring (bicyclic) bond motifs is 2. The molecule has 0 saturated heterocycles. The number of hydrogen-bond acceptors (Lipinski definition) is 4. The fourth-order valence-corrected chi connectivity index (χ4v) is 5.17. The van der Waals surface area contributed by atoms with Gasteiger partial charge < -0.3 is 9.30 Å². The highest BCUT2D eigenvalue weighted by atomic mass is 32.2. The predicted molar refractivity (Wildman–Crippen MR) is 129 cm³/mol. The largest absolute Gasteiger partial charge is 0.492 e. The van der Waals surface area contributed by atoms with Crippen molar-refractivity contribution in [2.24, 2.45) is 7.05 Å². The predicted octanol–water partition coefficient (Wildman–Crippen LogP) is 4.40. The van der Waals surface area contributed by atoms with Crippen molar-refractivity contribution in [1.29, 1.82) is 0 Å². The Labute approximate surface area is 196 Å². The van der Waals surface area contributed by atoms with E-state index in [1.807, 2.05) is 36.0 Å². The average Bonchev–Trinajstić information content (AvgIpc) is 3.41. The molecule has 7 nitrogen and oxygen atoms in total. The van der Waals surface area contributed by atoms with Gasteiger partial charge in [0.1, 0.15) is 18.2 Å². The molecule has 0 amide bonds. The number of hydrogen-bond donors (Lipinski definition) is 1. The first-order valence-electron chi connectivity index (χ1n) is 10.7. The van der Waals surface area contributed by atoms with Crippen molar-refractivity contribution in [2.45, 2.75) is 17.9 Å². The van der Waals surface area contributed by atoms with Gasteiger partial charge in [0.2, 0.25) is 10.0 Å². The molecule has 0 bridgehead atoms. The van der Waals surface area contributed by atoms with E-state index in [4.69, 9.17) is 4.74 Å². The van der Waals surface area contributed by atoms with Crippen LogP contribution in [0.5, 0.6) is 5.75 Å². The van der Waals surface area contributed by atoms with Crippen LogP contribution in [0.15, 0.2) is 84.0 Å². The Hall–Kier alpha value is -3.69. The van der Waals surface area contributed by atoms with Crippen LogP contribution in [0, 0.1) is 5.82 Å². The van der Waals surface area contributed by atoms with Gasteiger partial charge in [-0.25, -0.2) is 22.2 Å². The Morgan fingerprint density at radius 3 is 2.56 bits per heavy atom. The summed E-state index contributed by atoms with van der Waals surface area (Å²) in [4.78, 5) is 0.215. The lowest BCUT2D eigenvalue weighted by molar-refractivity contribution is 0.288. The van der Waals surface area contributed by atoms with Crippen LogP contribution in [0.3, 0.4) is 0 Å². The number of nitrogens with zero attached hydrogens (tertiary/aromatic N) is 3. The smallest absolute Gasteiger partial charge is 0.240 e. The van der Waals surface area contributed by atoms with E-state index in [-0.39, 0.29) is 17.3 Å². The summed E-state index contributed by atoms with van der Waals surface area (Å²) in [6.45, 7) is 1.91. The summed E-state index contributed by atoms with van der Waals surface area (Å²) in [6, 6.07) is 18.1. The molecule has 2 heterocycles. The number of sulfonamides is 1. The third kappa shape index (κ3) is 4.27. The van der Waals surface area contributed by atoms with Crippen LogP contribution in [-0.2, 0) is 17.1 Å². The number of halogens is 1. The van der Waals surface area contributed by atoms with Crippen molar-refractivity contribution in [3.63, 3.8) is 0 Å². The van der Waals surface area contributed by atoms with Gasteiger partial charge in [-0.2, -0.15) is 5.10 Å². The molecule has 0 aliphatic heterocycles. The normalized spacial score (nSPS) is 12.9. The molecule has 0 aliphatic carbocycles. The zero-order chi connectivity index (χ0) is 23.9. The van der Waals surface area contributed by atoms with Gasteiger partial charge in [-0.15, -0.1) is 0 Å². The highest BCUT2D eigenvalue weighted by Crippen LogP contribution is 2.24. The Kier molecular flexibility index (Phi) is 5.59. The van der Waals surface area contributed by atoms with Crippen molar-refractivity contribution in [3.05, 3.63) is 84.9 Å². The van der Waals surface area contributed by atoms with Crippen molar-refractivity contribution >= 4 is 31.8 Å². The van der Waals surface area contributed by atoms with Gasteiger partial charge in [-0.1, -0.05) is 0 Å². The Morgan fingerprint density at radius 2 is 1.76 bits per heavy atom. The quantitative estimate of drug-likeness (QED) is 0.376. The van der Waals surface area contributed by atoms with E-state index in [2.05, 4.69) is 9.82 Å². The van der Waals surface area contributed by atoms with Crippen LogP contribution in [0.2, 0.25) is 0 Å². The first-order chi connectivity index (χ1) is 16.3. The molecular weight excluding hydrogens is 455 g/mol. The lowest BCUT2D eigenvalue weighted by atomic mass is 10.2. The van der Waals surface area contributed by atoms with Crippen molar-refractivity contribution < 1.29 is 17.5 Å². The van der Waals surface area contributed by atoms with E-state index in [0.29, 0.717) is 5.75 Å². The maximum atomic E-state index is 13.2. The minimum atomic E-state index is -3.69. The standard InChI is InChI=1S/C25H23FN4O3S/c1-17(28-34(31,32)23-8-10-24-18(14-23)11-12-29(24)2)16-33-22-7-9-25-19(13-22)15-27-30(25)21-5-3-20(26)4-6-21/h3-15,17,28H,16H2,1-2H3. The Bertz CT molecular complexity index is 1590. The molecule has 2 aromatic heterocycles. The maximum absolute atomic E-state index is 13.2. The molecule has 0 saturated carbocycles. The van der Waals surface area contributed by atoms with Crippen LogP contribution in [0.4, 0.5) is 4.39 Å². The highest BCUT2D eigenvalue weighted by Gasteiger charge is 2.19. The summed E-state index contributed by atoms with van der Waals surface area (Å²) in [7, 11) is -1.77. The second-order valence-electron chi connectivity index (χ2n) is 8.23. The minimum absolute atomic E-state index is 0.157. The van der Waals surface area contributed by atoms with Gasteiger partial charge >= 0.3 is 0 Å². The zero-order valence-corrected chi connectivity index (χ0v) is 19.5. The van der Waals surface area contributed by atoms with Crippen LogP contribution in [-0.4, -0.2) is 35.4 Å². The summed E-state index contributed by atoms with van der Waals surface area (Å²) in [5.74, 6) is 0.296. The second kappa shape index (κ2) is 8.58. The number of rotatable bonds is 7. The van der Waals surface area contributed by atoms with Crippen LogP contribution < -0.4 is 9.46 Å². The molecular formula is C25H23FN4O3S. The summed E-state index contributed by atoms with van der Waals surface area (Å²) in [5.41, 5.74) is 2.57. The number of aromatic nitrogens is 3. The summed E-state index contributed by atoms with van der Waals surface area (Å²) < 4.78 is 51.1. The van der Waals surface area contributed by atoms with Crippen molar-refractivity contribution in [3.8, 4) is 11.4 Å². The summed E-state index contributed by atoms with van der Waals surface area (Å²) in [6.07, 6.45) is 3.60. The van der Waals surface area contributed by atoms with Crippen LogP contribution >= 0.6 is 0 Å². The Morgan fingerprint density at radius 1 is 1.00 bits per heavy atom. The van der Waals surface area contributed by atoms with Crippen molar-refractivity contribution in [2.75, 3.05) is 6.61 Å². The lowest BCUT2D eigenvalue weighted by Gasteiger charge is -2.15. The zero-order valence-electron chi connectivity index (χ0n) is 18.6. The van der Waals surface area contributed by atoms with E-state index in [1.54, 1.807) is 54.2 Å². The number of nitrogens with one attached hydrogen (secondary N) is 1. The fourth-order valence-electron chi connectivity index (χ4n) is 3.90. The van der Waals surface area contributed by atoms with Gasteiger partial charge in [-0.3, -0.25) is 0 Å². The number of benzene rings is 3. The molecule has 0 aliphatic rings. The minimum Gasteiger partial charge on any atom is -0.492 e. The molecule has 0 fully saturated rings. The Balaban J connectivity index is 1.26. The molecule has 9 heteroatoms. The lowest BCUT2D eigenvalue weighted by Crippen LogP contribution is -2.36. The molecule has 5 aromatic rings. The fraction of sp³-hybridized carbons (Fsp3) is 0.160. The maximum Gasteiger partial charge on any atom is 0.240 e. The molecule has 174 valence electrons. The van der Waals surface area contributed by atoms with Gasteiger partial charge in [-0.05, 0) is 73.7 Å². The van der Waals surface area contributed by atoms with E-state index in [9.17, 15) is 12.8 Å². The molecule has 0 radical (unpaired) electrons. The van der Waals surface area contributed by atoms with E-state index < -0.39 is 16.1 Å². The van der Waals surface area contributed by atoms with E-state index in [1.165, 1.54) is 12.1 Å². The van der Waals surface area contributed by atoms with E-state index in [0.717, 1.165) is 27.5 Å². The third-order valence-electron chi connectivity index (χ3n) is 5.63. The third-order valence-corrected chi connectivity index (χ3v) is 7.22. The molecule has 0 spiro atoms. The van der Waals surface area contributed by atoms with Gasteiger partial charge in [0.05, 0.1) is 28.3 Å². The SMILES string of the molecule is CC(COc1ccc2c(cnn2-c2ccc(F)cc2)c1)NS(=O)(=O)c1ccc2c(ccn2C)c1. The molecule has 3 aromatic carbocycles. The van der Waals surface area contributed by atoms with Crippen molar-refractivity contribution in [1.82, 2.24) is 19.1 Å². The van der Waals surface area contributed by atoms with Gasteiger partial charge in [0.15, 0.2) is 0 Å².